The predicted octanol–water partition coefficient (Wildman–Crippen LogP) is 3.89. The molecule has 1 aliphatic rings. The normalized spacial score (nSPS) is 18.5. The number of ether oxygens (including phenoxy) is 1. The van der Waals surface area contributed by atoms with Crippen molar-refractivity contribution in [1.82, 2.24) is 25.0 Å². The van der Waals surface area contributed by atoms with Crippen molar-refractivity contribution in [3.05, 3.63) is 34.1 Å². The second-order valence-electron chi connectivity index (χ2n) is 8.24. The van der Waals surface area contributed by atoms with Gasteiger partial charge < -0.3 is 15.2 Å². The quantitative estimate of drug-likeness (QED) is 0.550. The molecule has 2 atom stereocenters. The highest BCUT2D eigenvalue weighted by Gasteiger charge is 2.28. The van der Waals surface area contributed by atoms with E-state index in [4.69, 9.17) is 9.72 Å². The molecule has 3 aromatic rings. The van der Waals surface area contributed by atoms with Crippen molar-refractivity contribution in [2.45, 2.75) is 59.1 Å². The molecule has 0 spiro atoms. The molecule has 0 aromatic carbocycles. The standard InChI is InChI=1S/C22H28N6O3S/c1-12-14(3)32-22(25-12)23-11-18-20(26-27-28(18)4)17-8-9-19(13(2)24-17)31-16-7-5-6-15(10-16)21(29)30/h8-9,15-16H,5-7,10-11H2,1-4H3,(H,23,25)(H,29,30)/t15-,16-/m0/s1. The minimum Gasteiger partial charge on any atom is -0.489 e. The zero-order chi connectivity index (χ0) is 22.8. The summed E-state index contributed by atoms with van der Waals surface area (Å²) in [6, 6.07) is 3.77. The van der Waals surface area contributed by atoms with Gasteiger partial charge >= 0.3 is 5.97 Å². The molecule has 10 heteroatoms. The summed E-state index contributed by atoms with van der Waals surface area (Å²) in [6.45, 7) is 6.48. The SMILES string of the molecule is Cc1nc(-c2nnn(C)c2CNc2nc(C)c(C)s2)ccc1O[C@H]1CCC[C@H](C(=O)O)C1. The number of anilines is 1. The van der Waals surface area contributed by atoms with Gasteiger partial charge in [0.15, 0.2) is 5.13 Å². The van der Waals surface area contributed by atoms with Gasteiger partial charge in [-0.25, -0.2) is 14.6 Å². The van der Waals surface area contributed by atoms with Gasteiger partial charge in [0, 0.05) is 11.9 Å². The highest BCUT2D eigenvalue weighted by molar-refractivity contribution is 7.15. The number of hydrogen-bond acceptors (Lipinski definition) is 8. The lowest BCUT2D eigenvalue weighted by atomic mass is 9.87. The molecule has 0 radical (unpaired) electrons. The number of hydrogen-bond donors (Lipinski definition) is 2. The van der Waals surface area contributed by atoms with E-state index in [0.29, 0.717) is 24.4 Å². The fourth-order valence-corrected chi connectivity index (χ4v) is 4.75. The lowest BCUT2D eigenvalue weighted by Gasteiger charge is -2.27. The van der Waals surface area contributed by atoms with Gasteiger partial charge in [-0.2, -0.15) is 0 Å². The Balaban J connectivity index is 1.49. The van der Waals surface area contributed by atoms with Crippen LogP contribution in [0.5, 0.6) is 5.75 Å². The molecule has 0 amide bonds. The zero-order valence-electron chi connectivity index (χ0n) is 18.8. The van der Waals surface area contributed by atoms with Crippen molar-refractivity contribution in [3.8, 4) is 17.1 Å². The molecule has 3 aromatic heterocycles. The number of thiazole rings is 1. The highest BCUT2D eigenvalue weighted by atomic mass is 32.1. The molecule has 0 aliphatic heterocycles. The van der Waals surface area contributed by atoms with E-state index in [9.17, 15) is 9.90 Å². The first-order valence-electron chi connectivity index (χ1n) is 10.8. The topological polar surface area (TPSA) is 115 Å². The minimum absolute atomic E-state index is 0.0994. The molecule has 4 rings (SSSR count). The van der Waals surface area contributed by atoms with Gasteiger partial charge in [0.2, 0.25) is 0 Å². The van der Waals surface area contributed by atoms with Gasteiger partial charge in [-0.05, 0) is 58.6 Å². The highest BCUT2D eigenvalue weighted by Crippen LogP contribution is 2.31. The molecule has 170 valence electrons. The van der Waals surface area contributed by atoms with Crippen LogP contribution in [0.4, 0.5) is 5.13 Å². The van der Waals surface area contributed by atoms with E-state index in [1.54, 1.807) is 16.0 Å². The Morgan fingerprint density at radius 3 is 2.75 bits per heavy atom. The second-order valence-corrected chi connectivity index (χ2v) is 9.45. The minimum atomic E-state index is -0.740. The van der Waals surface area contributed by atoms with Crippen LogP contribution < -0.4 is 10.1 Å². The first kappa shape index (κ1) is 22.2. The molecular formula is C22H28N6O3S. The first-order valence-corrected chi connectivity index (χ1v) is 11.6. The number of aliphatic carboxylic acids is 1. The van der Waals surface area contributed by atoms with Gasteiger partial charge in [0.25, 0.3) is 0 Å². The third-order valence-electron chi connectivity index (χ3n) is 5.93. The third kappa shape index (κ3) is 4.74. The van der Waals surface area contributed by atoms with E-state index in [1.807, 2.05) is 33.0 Å². The second kappa shape index (κ2) is 9.23. The number of carbonyl (C=O) groups is 1. The number of aryl methyl sites for hydroxylation is 4. The summed E-state index contributed by atoms with van der Waals surface area (Å²) in [5.74, 6) is -0.390. The molecule has 0 bridgehead atoms. The Morgan fingerprint density at radius 2 is 2.06 bits per heavy atom. The van der Waals surface area contributed by atoms with E-state index in [0.717, 1.165) is 47.2 Å². The Kier molecular flexibility index (Phi) is 6.40. The molecule has 2 N–H and O–H groups in total. The van der Waals surface area contributed by atoms with Gasteiger partial charge in [-0.15, -0.1) is 16.4 Å². The van der Waals surface area contributed by atoms with Gasteiger partial charge in [-0.3, -0.25) is 4.79 Å². The van der Waals surface area contributed by atoms with E-state index < -0.39 is 5.97 Å². The summed E-state index contributed by atoms with van der Waals surface area (Å²) in [4.78, 5) is 21.8. The maximum Gasteiger partial charge on any atom is 0.306 e. The molecule has 0 unspecified atom stereocenters. The summed E-state index contributed by atoms with van der Waals surface area (Å²) < 4.78 is 7.87. The van der Waals surface area contributed by atoms with Crippen LogP contribution in [0.15, 0.2) is 12.1 Å². The van der Waals surface area contributed by atoms with Crippen molar-refractivity contribution >= 4 is 22.4 Å². The molecule has 9 nitrogen and oxygen atoms in total. The monoisotopic (exact) mass is 456 g/mol. The van der Waals surface area contributed by atoms with Crippen LogP contribution >= 0.6 is 11.3 Å². The van der Waals surface area contributed by atoms with Crippen molar-refractivity contribution in [1.29, 1.82) is 0 Å². The van der Waals surface area contributed by atoms with Crippen molar-refractivity contribution in [3.63, 3.8) is 0 Å². The average molecular weight is 457 g/mol. The average Bonchev–Trinajstić information content (AvgIpc) is 3.29. The van der Waals surface area contributed by atoms with E-state index in [2.05, 4.69) is 27.5 Å². The summed E-state index contributed by atoms with van der Waals surface area (Å²) in [6.07, 6.45) is 2.87. The van der Waals surface area contributed by atoms with Crippen molar-refractivity contribution < 1.29 is 14.6 Å². The van der Waals surface area contributed by atoms with Gasteiger partial charge in [0.05, 0.1) is 41.3 Å². The Morgan fingerprint density at radius 1 is 1.25 bits per heavy atom. The predicted molar refractivity (Wildman–Crippen MR) is 122 cm³/mol. The fraction of sp³-hybridized carbons (Fsp3) is 0.500. The van der Waals surface area contributed by atoms with Crippen LogP contribution in [-0.4, -0.2) is 42.1 Å². The van der Waals surface area contributed by atoms with Crippen LogP contribution in [0.1, 0.15) is 47.6 Å². The number of aromatic nitrogens is 5. The van der Waals surface area contributed by atoms with E-state index >= 15 is 0 Å². The van der Waals surface area contributed by atoms with Gasteiger partial charge in [0.1, 0.15) is 11.4 Å². The Hall–Kier alpha value is -3.01. The van der Waals surface area contributed by atoms with Crippen molar-refractivity contribution in [2.75, 3.05) is 5.32 Å². The third-order valence-corrected chi connectivity index (χ3v) is 6.96. The van der Waals surface area contributed by atoms with Crippen LogP contribution in [0.3, 0.4) is 0 Å². The van der Waals surface area contributed by atoms with Crippen molar-refractivity contribution in [2.24, 2.45) is 13.0 Å². The van der Waals surface area contributed by atoms with Gasteiger partial charge in [-0.1, -0.05) is 5.21 Å². The van der Waals surface area contributed by atoms with E-state index in [1.165, 1.54) is 4.88 Å². The number of nitrogens with zero attached hydrogens (tertiary/aromatic N) is 5. The van der Waals surface area contributed by atoms with Crippen LogP contribution in [0.2, 0.25) is 0 Å². The number of nitrogens with one attached hydrogen (secondary N) is 1. The molecule has 1 aliphatic carbocycles. The van der Waals surface area contributed by atoms with E-state index in [-0.39, 0.29) is 12.0 Å². The molecule has 1 fully saturated rings. The largest absolute Gasteiger partial charge is 0.489 e. The summed E-state index contributed by atoms with van der Waals surface area (Å²) in [5.41, 5.74) is 4.12. The zero-order valence-corrected chi connectivity index (χ0v) is 19.6. The first-order chi connectivity index (χ1) is 15.3. The molecule has 1 saturated carbocycles. The number of carboxylic acids is 1. The Bertz CT molecular complexity index is 1110. The summed E-state index contributed by atoms with van der Waals surface area (Å²) in [5, 5.41) is 22.0. The maximum absolute atomic E-state index is 11.3. The lowest BCUT2D eigenvalue weighted by molar-refractivity contribution is -0.143. The molecular weight excluding hydrogens is 428 g/mol. The van der Waals surface area contributed by atoms with Crippen LogP contribution in [0, 0.1) is 26.7 Å². The number of pyridine rings is 1. The molecule has 0 saturated heterocycles. The summed E-state index contributed by atoms with van der Waals surface area (Å²) in [7, 11) is 1.86. The fourth-order valence-electron chi connectivity index (χ4n) is 3.94. The maximum atomic E-state index is 11.3. The number of carboxylic acid groups (broad SMARTS) is 1. The van der Waals surface area contributed by atoms with Crippen LogP contribution in [-0.2, 0) is 18.4 Å². The summed E-state index contributed by atoms with van der Waals surface area (Å²) >= 11 is 1.63. The number of rotatable bonds is 7. The Labute approximate surface area is 190 Å². The lowest BCUT2D eigenvalue weighted by Crippen LogP contribution is -2.29. The smallest absolute Gasteiger partial charge is 0.306 e. The molecule has 3 heterocycles. The molecule has 32 heavy (non-hydrogen) atoms. The van der Waals surface area contributed by atoms with Crippen LogP contribution in [0.25, 0.3) is 11.4 Å².